The normalized spacial score (nSPS) is 14.6. The number of carbonyl (C=O) groups excluding carboxylic acids is 1. The lowest BCUT2D eigenvalue weighted by Crippen LogP contribution is -2.37. The standard InChI is InChI=1S/C12H16N2O4/c1-7-11(8(2)18-13-7)12(17)14(6-10(15)16)5-9-3-4-9/h9H,3-6H2,1-2H3,(H,15,16). The van der Waals surface area contributed by atoms with E-state index in [-0.39, 0.29) is 12.5 Å². The van der Waals surface area contributed by atoms with Crippen molar-refractivity contribution < 1.29 is 19.2 Å². The molecule has 1 heterocycles. The van der Waals surface area contributed by atoms with Crippen LogP contribution >= 0.6 is 0 Å². The number of amides is 1. The Morgan fingerprint density at radius 1 is 1.44 bits per heavy atom. The average molecular weight is 252 g/mol. The van der Waals surface area contributed by atoms with Crippen molar-refractivity contribution in [1.29, 1.82) is 0 Å². The highest BCUT2D eigenvalue weighted by molar-refractivity contribution is 5.97. The lowest BCUT2D eigenvalue weighted by atomic mass is 10.1. The number of aliphatic carboxylic acids is 1. The first-order chi connectivity index (χ1) is 8.49. The second kappa shape index (κ2) is 4.80. The molecule has 0 unspecified atom stereocenters. The van der Waals surface area contributed by atoms with Gasteiger partial charge >= 0.3 is 5.97 Å². The Hall–Kier alpha value is -1.85. The molecule has 1 saturated carbocycles. The molecule has 1 aliphatic carbocycles. The van der Waals surface area contributed by atoms with Gasteiger partial charge in [-0.1, -0.05) is 5.16 Å². The van der Waals surface area contributed by atoms with Gasteiger partial charge in [-0.05, 0) is 32.6 Å². The third-order valence-corrected chi connectivity index (χ3v) is 3.04. The molecule has 1 amide bonds. The number of rotatable bonds is 5. The molecule has 1 aromatic rings. The summed E-state index contributed by atoms with van der Waals surface area (Å²) in [4.78, 5) is 24.5. The van der Waals surface area contributed by atoms with Crippen LogP contribution in [0, 0.1) is 19.8 Å². The molecule has 0 radical (unpaired) electrons. The Labute approximate surface area is 105 Å². The first-order valence-corrected chi connectivity index (χ1v) is 5.93. The third kappa shape index (κ3) is 2.69. The van der Waals surface area contributed by atoms with Gasteiger partial charge in [0.05, 0.1) is 5.69 Å². The minimum Gasteiger partial charge on any atom is -0.480 e. The fraction of sp³-hybridized carbons (Fsp3) is 0.583. The van der Waals surface area contributed by atoms with E-state index >= 15 is 0 Å². The molecule has 2 rings (SSSR count). The first kappa shape index (κ1) is 12.6. The maximum atomic E-state index is 12.3. The average Bonchev–Trinajstić information content (AvgIpc) is 3.03. The van der Waals surface area contributed by atoms with Crippen molar-refractivity contribution in [3.63, 3.8) is 0 Å². The Morgan fingerprint density at radius 2 is 2.11 bits per heavy atom. The molecule has 98 valence electrons. The molecule has 0 spiro atoms. The molecule has 1 aromatic heterocycles. The van der Waals surface area contributed by atoms with Gasteiger partial charge in [0.25, 0.3) is 5.91 Å². The summed E-state index contributed by atoms with van der Waals surface area (Å²) in [5, 5.41) is 12.6. The summed E-state index contributed by atoms with van der Waals surface area (Å²) in [6, 6.07) is 0. The minimum absolute atomic E-state index is 0.278. The van der Waals surface area contributed by atoms with Crippen molar-refractivity contribution in [2.24, 2.45) is 5.92 Å². The number of aromatic nitrogens is 1. The summed E-state index contributed by atoms with van der Waals surface area (Å²) in [7, 11) is 0. The zero-order valence-corrected chi connectivity index (χ0v) is 10.5. The van der Waals surface area contributed by atoms with Gasteiger partial charge in [0, 0.05) is 6.54 Å². The van der Waals surface area contributed by atoms with E-state index in [1.807, 2.05) is 0 Å². The van der Waals surface area contributed by atoms with Crippen molar-refractivity contribution in [3.05, 3.63) is 17.0 Å². The molecular formula is C12H16N2O4. The summed E-state index contributed by atoms with van der Waals surface area (Å²) < 4.78 is 4.95. The van der Waals surface area contributed by atoms with Gasteiger partial charge in [-0.15, -0.1) is 0 Å². The largest absolute Gasteiger partial charge is 0.480 e. The quantitative estimate of drug-likeness (QED) is 0.852. The summed E-state index contributed by atoms with van der Waals surface area (Å²) in [6.07, 6.45) is 2.12. The number of nitrogens with zero attached hydrogens (tertiary/aromatic N) is 2. The van der Waals surface area contributed by atoms with E-state index in [1.165, 1.54) is 4.90 Å². The highest BCUT2D eigenvalue weighted by Crippen LogP contribution is 2.30. The fourth-order valence-corrected chi connectivity index (χ4v) is 1.94. The number of hydrogen-bond donors (Lipinski definition) is 1. The van der Waals surface area contributed by atoms with Crippen molar-refractivity contribution in [2.45, 2.75) is 26.7 Å². The number of hydrogen-bond acceptors (Lipinski definition) is 4. The summed E-state index contributed by atoms with van der Waals surface area (Å²) in [5.41, 5.74) is 0.889. The van der Waals surface area contributed by atoms with Crippen molar-refractivity contribution >= 4 is 11.9 Å². The van der Waals surface area contributed by atoms with Crippen LogP contribution in [0.5, 0.6) is 0 Å². The van der Waals surface area contributed by atoms with Gasteiger partial charge in [-0.25, -0.2) is 0 Å². The number of carboxylic acids is 1. The molecule has 1 N–H and O–H groups in total. The van der Waals surface area contributed by atoms with E-state index in [2.05, 4.69) is 5.16 Å². The highest BCUT2D eigenvalue weighted by atomic mass is 16.5. The second-order valence-corrected chi connectivity index (χ2v) is 4.72. The molecule has 0 aromatic carbocycles. The van der Waals surface area contributed by atoms with Gasteiger partial charge in [-0.2, -0.15) is 0 Å². The number of aryl methyl sites for hydroxylation is 2. The van der Waals surface area contributed by atoms with Crippen LogP contribution in [0.3, 0.4) is 0 Å². The van der Waals surface area contributed by atoms with Crippen LogP contribution in [0.4, 0.5) is 0 Å². The number of carbonyl (C=O) groups is 2. The minimum atomic E-state index is -1.00. The predicted molar refractivity (Wildman–Crippen MR) is 62.2 cm³/mol. The van der Waals surface area contributed by atoms with E-state index in [1.54, 1.807) is 13.8 Å². The molecule has 18 heavy (non-hydrogen) atoms. The van der Waals surface area contributed by atoms with Gasteiger partial charge < -0.3 is 14.5 Å². The highest BCUT2D eigenvalue weighted by Gasteiger charge is 2.30. The summed E-state index contributed by atoms with van der Waals surface area (Å²) >= 11 is 0. The van der Waals surface area contributed by atoms with Gasteiger partial charge in [0.15, 0.2) is 0 Å². The molecule has 0 aliphatic heterocycles. The van der Waals surface area contributed by atoms with Crippen LogP contribution in [-0.2, 0) is 4.79 Å². The topological polar surface area (TPSA) is 83.6 Å². The maximum absolute atomic E-state index is 12.3. The van der Waals surface area contributed by atoms with Crippen LogP contribution in [-0.4, -0.2) is 40.1 Å². The molecule has 0 saturated heterocycles. The zero-order chi connectivity index (χ0) is 13.3. The van der Waals surface area contributed by atoms with E-state index in [0.29, 0.717) is 29.5 Å². The van der Waals surface area contributed by atoms with E-state index in [4.69, 9.17) is 9.63 Å². The Morgan fingerprint density at radius 3 is 2.56 bits per heavy atom. The summed E-state index contributed by atoms with van der Waals surface area (Å²) in [5.74, 6) is -0.436. The van der Waals surface area contributed by atoms with E-state index in [0.717, 1.165) is 12.8 Å². The van der Waals surface area contributed by atoms with Crippen LogP contribution < -0.4 is 0 Å². The van der Waals surface area contributed by atoms with E-state index in [9.17, 15) is 9.59 Å². The summed E-state index contributed by atoms with van der Waals surface area (Å²) in [6.45, 7) is 3.55. The van der Waals surface area contributed by atoms with Gasteiger partial charge in [0.2, 0.25) is 0 Å². The molecule has 1 fully saturated rings. The Kier molecular flexibility index (Phi) is 3.36. The maximum Gasteiger partial charge on any atom is 0.323 e. The van der Waals surface area contributed by atoms with Crippen LogP contribution in [0.15, 0.2) is 4.52 Å². The Balaban J connectivity index is 2.18. The molecule has 0 bridgehead atoms. The third-order valence-electron chi connectivity index (χ3n) is 3.04. The smallest absolute Gasteiger partial charge is 0.323 e. The molecule has 6 heteroatoms. The fourth-order valence-electron chi connectivity index (χ4n) is 1.94. The predicted octanol–water partition coefficient (Wildman–Crippen LogP) is 1.23. The zero-order valence-electron chi connectivity index (χ0n) is 10.5. The second-order valence-electron chi connectivity index (χ2n) is 4.72. The Bertz CT molecular complexity index is 457. The monoisotopic (exact) mass is 252 g/mol. The molecule has 0 atom stereocenters. The SMILES string of the molecule is Cc1noc(C)c1C(=O)N(CC(=O)O)CC1CC1. The lowest BCUT2D eigenvalue weighted by molar-refractivity contribution is -0.137. The van der Waals surface area contributed by atoms with Crippen molar-refractivity contribution in [1.82, 2.24) is 10.1 Å². The van der Waals surface area contributed by atoms with Crippen molar-refractivity contribution in [3.8, 4) is 0 Å². The lowest BCUT2D eigenvalue weighted by Gasteiger charge is -2.20. The first-order valence-electron chi connectivity index (χ1n) is 5.93. The van der Waals surface area contributed by atoms with Crippen LogP contribution in [0.25, 0.3) is 0 Å². The number of carboxylic acid groups (broad SMARTS) is 1. The van der Waals surface area contributed by atoms with Gasteiger partial charge in [0.1, 0.15) is 17.9 Å². The molecule has 6 nitrogen and oxygen atoms in total. The van der Waals surface area contributed by atoms with Gasteiger partial charge in [-0.3, -0.25) is 9.59 Å². The van der Waals surface area contributed by atoms with Crippen molar-refractivity contribution in [2.75, 3.05) is 13.1 Å². The van der Waals surface area contributed by atoms with Crippen LogP contribution in [0.2, 0.25) is 0 Å². The molecular weight excluding hydrogens is 236 g/mol. The van der Waals surface area contributed by atoms with E-state index < -0.39 is 5.97 Å². The van der Waals surface area contributed by atoms with Crippen LogP contribution in [0.1, 0.15) is 34.7 Å². The molecule has 1 aliphatic rings.